The zero-order valence-corrected chi connectivity index (χ0v) is 25.4. The fourth-order valence-corrected chi connectivity index (χ4v) is 6.42. The van der Waals surface area contributed by atoms with Gasteiger partial charge >= 0.3 is 5.97 Å². The van der Waals surface area contributed by atoms with Crippen LogP contribution in [0.4, 0.5) is 0 Å². The van der Waals surface area contributed by atoms with Gasteiger partial charge in [-0.1, -0.05) is 77.0 Å². The number of hydrogen-bond donors (Lipinski definition) is 0. The molecule has 43 heavy (non-hydrogen) atoms. The highest BCUT2D eigenvalue weighted by Crippen LogP contribution is 2.36. The van der Waals surface area contributed by atoms with Crippen molar-refractivity contribution in [1.82, 2.24) is 4.57 Å². The molecule has 7 nitrogen and oxygen atoms in total. The summed E-state index contributed by atoms with van der Waals surface area (Å²) in [4.78, 5) is 32.9. The van der Waals surface area contributed by atoms with Crippen LogP contribution in [0.2, 0.25) is 10.0 Å². The van der Waals surface area contributed by atoms with Gasteiger partial charge in [-0.2, -0.15) is 0 Å². The number of rotatable bonds is 7. The topological polar surface area (TPSA) is 83.0 Å². The van der Waals surface area contributed by atoms with Crippen molar-refractivity contribution in [1.29, 1.82) is 0 Å². The second-order valence-corrected chi connectivity index (χ2v) is 11.4. The molecule has 0 fully saturated rings. The van der Waals surface area contributed by atoms with Crippen molar-refractivity contribution < 1.29 is 18.7 Å². The van der Waals surface area contributed by atoms with Crippen molar-refractivity contribution in [2.24, 2.45) is 4.99 Å². The Kier molecular flexibility index (Phi) is 8.08. The maximum Gasteiger partial charge on any atom is 0.338 e. The summed E-state index contributed by atoms with van der Waals surface area (Å²) in [7, 11) is 1.58. The Labute approximate surface area is 260 Å². The first kappa shape index (κ1) is 28.7. The molecule has 216 valence electrons. The predicted octanol–water partition coefficient (Wildman–Crippen LogP) is 6.51. The highest BCUT2D eigenvalue weighted by atomic mass is 35.5. The molecule has 1 aliphatic heterocycles. The molecule has 2 aromatic heterocycles. The average molecular weight is 632 g/mol. The Morgan fingerprint density at radius 2 is 1.81 bits per heavy atom. The number of benzene rings is 3. The third-order valence-electron chi connectivity index (χ3n) is 6.90. The van der Waals surface area contributed by atoms with Crippen LogP contribution in [0.15, 0.2) is 105 Å². The van der Waals surface area contributed by atoms with Gasteiger partial charge in [-0.15, -0.1) is 0 Å². The number of esters is 1. The molecule has 0 radical (unpaired) electrons. The molecule has 3 aromatic carbocycles. The van der Waals surface area contributed by atoms with Gasteiger partial charge in [-0.25, -0.2) is 9.79 Å². The molecule has 0 bridgehead atoms. The molecule has 3 heterocycles. The van der Waals surface area contributed by atoms with Gasteiger partial charge in [-0.05, 0) is 55.0 Å². The molecule has 5 aromatic rings. The maximum atomic E-state index is 14.1. The smallest absolute Gasteiger partial charge is 0.338 e. The molecule has 0 amide bonds. The van der Waals surface area contributed by atoms with Gasteiger partial charge < -0.3 is 13.9 Å². The molecule has 1 aliphatic rings. The number of thiazole rings is 1. The molecule has 0 saturated heterocycles. The van der Waals surface area contributed by atoms with Crippen LogP contribution in [0, 0.1) is 0 Å². The number of ether oxygens (including phenoxy) is 2. The van der Waals surface area contributed by atoms with Gasteiger partial charge in [0.15, 0.2) is 4.80 Å². The third-order valence-corrected chi connectivity index (χ3v) is 8.43. The van der Waals surface area contributed by atoms with Crippen LogP contribution in [0.25, 0.3) is 23.1 Å². The Balaban J connectivity index is 1.55. The van der Waals surface area contributed by atoms with Crippen LogP contribution in [0.5, 0.6) is 5.75 Å². The summed E-state index contributed by atoms with van der Waals surface area (Å²) in [6, 6.07) is 24.6. The standard InChI is InChI=1S/C33H24Cl2N2O5S/c1-3-41-32(39)28-29(19-7-5-4-6-8-19)36-33-37(30(28)20-9-12-22(40-2)13-10-20)31(38)27(43-33)18-23-14-16-26(42-23)24-15-11-21(34)17-25(24)35/h4-18,30H,3H2,1-2H3/b27-18-/t30-/m1/s1. The van der Waals surface area contributed by atoms with Gasteiger partial charge in [-0.3, -0.25) is 9.36 Å². The van der Waals surface area contributed by atoms with Gasteiger partial charge in [0.1, 0.15) is 17.3 Å². The van der Waals surface area contributed by atoms with Crippen LogP contribution < -0.4 is 19.6 Å². The summed E-state index contributed by atoms with van der Waals surface area (Å²) in [5, 5.41) is 0.970. The molecule has 10 heteroatoms. The summed E-state index contributed by atoms with van der Waals surface area (Å²) in [5.74, 6) is 1.10. The van der Waals surface area contributed by atoms with E-state index >= 15 is 0 Å². The zero-order valence-electron chi connectivity index (χ0n) is 23.0. The lowest BCUT2D eigenvalue weighted by atomic mass is 9.93. The van der Waals surface area contributed by atoms with E-state index in [4.69, 9.17) is 42.1 Å². The fraction of sp³-hybridized carbons (Fsp3) is 0.121. The molecule has 0 saturated carbocycles. The summed E-state index contributed by atoms with van der Waals surface area (Å²) < 4.78 is 18.8. The SMILES string of the molecule is CCOC(=O)C1=C(c2ccccc2)N=c2s/c(=C\c3ccc(-c4ccc(Cl)cc4Cl)o3)c(=O)n2[C@@H]1c1ccc(OC)cc1. The number of aromatic nitrogens is 1. The first-order valence-electron chi connectivity index (χ1n) is 13.4. The van der Waals surface area contributed by atoms with E-state index in [-0.39, 0.29) is 17.7 Å². The number of carbonyl (C=O) groups excluding carboxylic acids is 1. The average Bonchev–Trinajstić information content (AvgIpc) is 3.60. The van der Waals surface area contributed by atoms with Crippen molar-refractivity contribution in [2.45, 2.75) is 13.0 Å². The minimum absolute atomic E-state index is 0.169. The van der Waals surface area contributed by atoms with Gasteiger partial charge in [0.2, 0.25) is 0 Å². The molecule has 0 unspecified atom stereocenters. The summed E-state index contributed by atoms with van der Waals surface area (Å²) >= 11 is 13.6. The van der Waals surface area contributed by atoms with Gasteiger partial charge in [0.05, 0.1) is 40.6 Å². The number of nitrogens with zero attached hydrogens (tertiary/aromatic N) is 2. The van der Waals surface area contributed by atoms with Crippen LogP contribution in [0.3, 0.4) is 0 Å². The van der Waals surface area contributed by atoms with Crippen molar-refractivity contribution in [3.05, 3.63) is 137 Å². The first-order valence-corrected chi connectivity index (χ1v) is 14.9. The number of fused-ring (bicyclic) bond motifs is 1. The number of carbonyl (C=O) groups is 1. The molecule has 6 rings (SSSR count). The molecule has 0 N–H and O–H groups in total. The summed E-state index contributed by atoms with van der Waals surface area (Å²) in [5.41, 5.74) is 2.52. The van der Waals surface area contributed by atoms with Crippen LogP contribution in [-0.2, 0) is 9.53 Å². The minimum atomic E-state index is -0.793. The first-order chi connectivity index (χ1) is 20.9. The molecule has 0 aliphatic carbocycles. The third kappa shape index (κ3) is 5.57. The Morgan fingerprint density at radius 1 is 1.05 bits per heavy atom. The van der Waals surface area contributed by atoms with E-state index in [1.54, 1.807) is 62.6 Å². The fourth-order valence-electron chi connectivity index (χ4n) is 4.94. The monoisotopic (exact) mass is 630 g/mol. The Morgan fingerprint density at radius 3 is 2.51 bits per heavy atom. The summed E-state index contributed by atoms with van der Waals surface area (Å²) in [6.07, 6.45) is 1.67. The lowest BCUT2D eigenvalue weighted by molar-refractivity contribution is -0.138. The van der Waals surface area contributed by atoms with Crippen LogP contribution >= 0.6 is 34.5 Å². The lowest BCUT2D eigenvalue weighted by Crippen LogP contribution is -2.40. The largest absolute Gasteiger partial charge is 0.497 e. The lowest BCUT2D eigenvalue weighted by Gasteiger charge is -2.26. The molecular formula is C33H24Cl2N2O5S. The Bertz CT molecular complexity index is 2040. The number of halogens is 2. The van der Waals surface area contributed by atoms with E-state index in [0.29, 0.717) is 53.5 Å². The van der Waals surface area contributed by atoms with Gasteiger partial charge in [0.25, 0.3) is 5.56 Å². The van der Waals surface area contributed by atoms with Gasteiger partial charge in [0, 0.05) is 22.2 Å². The van der Waals surface area contributed by atoms with Crippen LogP contribution in [0.1, 0.15) is 29.9 Å². The quantitative estimate of drug-likeness (QED) is 0.191. The minimum Gasteiger partial charge on any atom is -0.497 e. The van der Waals surface area contributed by atoms with Crippen molar-refractivity contribution in [3.63, 3.8) is 0 Å². The normalized spacial score (nSPS) is 14.8. The maximum absolute atomic E-state index is 14.1. The van der Waals surface area contributed by atoms with E-state index in [9.17, 15) is 9.59 Å². The zero-order chi connectivity index (χ0) is 30.1. The van der Waals surface area contributed by atoms with E-state index in [1.165, 1.54) is 15.9 Å². The Hall–Kier alpha value is -4.37. The number of hydrogen-bond acceptors (Lipinski definition) is 7. The van der Waals surface area contributed by atoms with Crippen LogP contribution in [-0.4, -0.2) is 24.3 Å². The molecule has 0 spiro atoms. The molecule has 1 atom stereocenters. The van der Waals surface area contributed by atoms with E-state index in [1.807, 2.05) is 42.5 Å². The number of methoxy groups -OCH3 is 1. The second kappa shape index (κ2) is 12.1. The van der Waals surface area contributed by atoms with E-state index in [2.05, 4.69) is 0 Å². The number of furan rings is 1. The predicted molar refractivity (Wildman–Crippen MR) is 168 cm³/mol. The summed E-state index contributed by atoms with van der Waals surface area (Å²) in [6.45, 7) is 1.91. The highest BCUT2D eigenvalue weighted by molar-refractivity contribution is 7.07. The second-order valence-electron chi connectivity index (χ2n) is 9.53. The van der Waals surface area contributed by atoms with Crippen molar-refractivity contribution in [3.8, 4) is 17.1 Å². The van der Waals surface area contributed by atoms with Crippen molar-refractivity contribution in [2.75, 3.05) is 13.7 Å². The highest BCUT2D eigenvalue weighted by Gasteiger charge is 2.35. The van der Waals surface area contributed by atoms with E-state index in [0.717, 1.165) is 5.56 Å². The molecular weight excluding hydrogens is 607 g/mol. The van der Waals surface area contributed by atoms with E-state index < -0.39 is 12.0 Å². The van der Waals surface area contributed by atoms with Crippen molar-refractivity contribution >= 4 is 52.3 Å².